The van der Waals surface area contributed by atoms with Crippen LogP contribution in [0.4, 0.5) is 0 Å². The van der Waals surface area contributed by atoms with Gasteiger partial charge in [-0.15, -0.1) is 0 Å². The first-order valence-corrected chi connectivity index (χ1v) is 6.25. The molecule has 1 aromatic heterocycles. The number of ether oxygens (including phenoxy) is 2. The van der Waals surface area contributed by atoms with Gasteiger partial charge in [0.15, 0.2) is 0 Å². The highest BCUT2D eigenvalue weighted by Crippen LogP contribution is 2.37. The van der Waals surface area contributed by atoms with E-state index in [-0.39, 0.29) is 5.41 Å². The Hall–Kier alpha value is -1.07. The fraction of sp³-hybridized carbons (Fsp3) is 0.750. The molecule has 5 nitrogen and oxygen atoms in total. The van der Waals surface area contributed by atoms with Crippen molar-refractivity contribution in [3.8, 4) is 6.01 Å². The van der Waals surface area contributed by atoms with Crippen LogP contribution in [0.3, 0.4) is 0 Å². The van der Waals surface area contributed by atoms with E-state index < -0.39 is 0 Å². The van der Waals surface area contributed by atoms with Crippen LogP contribution in [0.15, 0.2) is 0 Å². The van der Waals surface area contributed by atoms with Crippen LogP contribution in [0.5, 0.6) is 6.01 Å². The van der Waals surface area contributed by atoms with Crippen LogP contribution in [-0.4, -0.2) is 35.9 Å². The van der Waals surface area contributed by atoms with Gasteiger partial charge in [-0.25, -0.2) is 0 Å². The second-order valence-corrected chi connectivity index (χ2v) is 4.93. The lowest BCUT2D eigenvalue weighted by molar-refractivity contribution is 0.0512. The van der Waals surface area contributed by atoms with Crippen molar-refractivity contribution in [2.24, 2.45) is 5.73 Å². The lowest BCUT2D eigenvalue weighted by atomic mass is 9.76. The Balaban J connectivity index is 2.02. The molecule has 2 aliphatic heterocycles. The average molecular weight is 237 g/mol. The van der Waals surface area contributed by atoms with Gasteiger partial charge in [0.2, 0.25) is 0 Å². The van der Waals surface area contributed by atoms with Crippen molar-refractivity contribution >= 4 is 0 Å². The van der Waals surface area contributed by atoms with Gasteiger partial charge >= 0.3 is 0 Å². The number of imidazole rings is 1. The molecule has 94 valence electrons. The molecule has 5 heteroatoms. The molecule has 2 aliphatic rings. The number of rotatable bonds is 2. The molecule has 0 unspecified atom stereocenters. The van der Waals surface area contributed by atoms with Gasteiger partial charge in [0.1, 0.15) is 6.61 Å². The Morgan fingerprint density at radius 3 is 2.76 bits per heavy atom. The first-order chi connectivity index (χ1) is 8.27. The molecular formula is C12H19N3O2. The predicted octanol–water partition coefficient (Wildman–Crippen LogP) is 0.591. The minimum atomic E-state index is -0.0109. The van der Waals surface area contributed by atoms with Crippen LogP contribution in [0, 0.1) is 6.92 Å². The van der Waals surface area contributed by atoms with E-state index in [9.17, 15) is 0 Å². The zero-order valence-electron chi connectivity index (χ0n) is 10.2. The molecule has 0 spiro atoms. The van der Waals surface area contributed by atoms with Gasteiger partial charge in [-0.1, -0.05) is 0 Å². The molecule has 1 fully saturated rings. The molecule has 0 aliphatic carbocycles. The summed E-state index contributed by atoms with van der Waals surface area (Å²) in [4.78, 5) is 4.66. The monoisotopic (exact) mass is 237 g/mol. The summed E-state index contributed by atoms with van der Waals surface area (Å²) in [6.45, 7) is 5.95. The van der Waals surface area contributed by atoms with Crippen LogP contribution in [0.25, 0.3) is 0 Å². The van der Waals surface area contributed by atoms with Gasteiger partial charge in [0.05, 0.1) is 12.2 Å². The van der Waals surface area contributed by atoms with Gasteiger partial charge in [-0.2, -0.15) is 4.98 Å². The first kappa shape index (κ1) is 11.0. The standard InChI is InChI=1S/C12H19N3O2/c1-9-10(14-11-15(9)4-7-17-11)12(8-13)2-5-16-6-3-12/h2-8,13H2,1H3. The van der Waals surface area contributed by atoms with E-state index >= 15 is 0 Å². The van der Waals surface area contributed by atoms with E-state index in [1.807, 2.05) is 0 Å². The maximum Gasteiger partial charge on any atom is 0.296 e. The van der Waals surface area contributed by atoms with Crippen molar-refractivity contribution in [1.82, 2.24) is 9.55 Å². The zero-order chi connectivity index (χ0) is 11.9. The summed E-state index contributed by atoms with van der Waals surface area (Å²) in [7, 11) is 0. The van der Waals surface area contributed by atoms with Crippen LogP contribution < -0.4 is 10.5 Å². The van der Waals surface area contributed by atoms with Gasteiger partial charge in [0, 0.05) is 30.9 Å². The highest BCUT2D eigenvalue weighted by molar-refractivity contribution is 5.29. The molecule has 17 heavy (non-hydrogen) atoms. The van der Waals surface area contributed by atoms with Crippen LogP contribution >= 0.6 is 0 Å². The number of nitrogens with two attached hydrogens (primary N) is 1. The van der Waals surface area contributed by atoms with E-state index in [0.29, 0.717) is 6.54 Å². The number of hydrogen-bond acceptors (Lipinski definition) is 4. The quantitative estimate of drug-likeness (QED) is 0.817. The van der Waals surface area contributed by atoms with Crippen LogP contribution in [0.2, 0.25) is 0 Å². The molecule has 0 bridgehead atoms. The van der Waals surface area contributed by atoms with E-state index in [1.165, 1.54) is 5.69 Å². The summed E-state index contributed by atoms with van der Waals surface area (Å²) in [5.74, 6) is 0. The predicted molar refractivity (Wildman–Crippen MR) is 63.2 cm³/mol. The first-order valence-electron chi connectivity index (χ1n) is 6.25. The highest BCUT2D eigenvalue weighted by Gasteiger charge is 2.38. The Bertz CT molecular complexity index is 422. The van der Waals surface area contributed by atoms with Crippen molar-refractivity contribution in [2.75, 3.05) is 26.4 Å². The van der Waals surface area contributed by atoms with Crippen molar-refractivity contribution in [1.29, 1.82) is 0 Å². The fourth-order valence-corrected chi connectivity index (χ4v) is 2.91. The molecule has 0 aromatic carbocycles. The van der Waals surface area contributed by atoms with Crippen molar-refractivity contribution in [3.63, 3.8) is 0 Å². The molecule has 3 rings (SSSR count). The average Bonchev–Trinajstić information content (AvgIpc) is 2.94. The largest absolute Gasteiger partial charge is 0.463 e. The normalized spacial score (nSPS) is 22.2. The topological polar surface area (TPSA) is 62.3 Å². The lowest BCUT2D eigenvalue weighted by Crippen LogP contribution is -2.41. The molecule has 2 N–H and O–H groups in total. The smallest absolute Gasteiger partial charge is 0.296 e. The summed E-state index contributed by atoms with van der Waals surface area (Å²) in [5, 5.41) is 0. The summed E-state index contributed by atoms with van der Waals surface area (Å²) >= 11 is 0. The third-order valence-corrected chi connectivity index (χ3v) is 4.07. The number of nitrogens with zero attached hydrogens (tertiary/aromatic N) is 2. The van der Waals surface area contributed by atoms with E-state index in [1.54, 1.807) is 0 Å². The zero-order valence-corrected chi connectivity index (χ0v) is 10.2. The Kier molecular flexibility index (Phi) is 2.60. The van der Waals surface area contributed by atoms with Crippen LogP contribution in [0.1, 0.15) is 24.2 Å². The third kappa shape index (κ3) is 1.57. The second-order valence-electron chi connectivity index (χ2n) is 4.93. The fourth-order valence-electron chi connectivity index (χ4n) is 2.91. The maximum atomic E-state index is 6.01. The molecule has 0 saturated carbocycles. The second kappa shape index (κ2) is 3.99. The summed E-state index contributed by atoms with van der Waals surface area (Å²) in [6.07, 6.45) is 1.92. The minimum Gasteiger partial charge on any atom is -0.463 e. The van der Waals surface area contributed by atoms with Crippen molar-refractivity contribution < 1.29 is 9.47 Å². The number of hydrogen-bond donors (Lipinski definition) is 1. The SMILES string of the molecule is Cc1c(C2(CN)CCOCC2)nc2n1CCO2. The van der Waals surface area contributed by atoms with Crippen molar-refractivity contribution in [3.05, 3.63) is 11.4 Å². The molecule has 0 radical (unpaired) electrons. The van der Waals surface area contributed by atoms with Crippen LogP contribution in [-0.2, 0) is 16.7 Å². The molecule has 1 aromatic rings. The minimum absolute atomic E-state index is 0.0109. The third-order valence-electron chi connectivity index (χ3n) is 4.07. The molecule has 3 heterocycles. The van der Waals surface area contributed by atoms with Crippen molar-refractivity contribution in [2.45, 2.75) is 31.7 Å². The van der Waals surface area contributed by atoms with Gasteiger partial charge in [0.25, 0.3) is 6.01 Å². The maximum absolute atomic E-state index is 6.01. The number of fused-ring (bicyclic) bond motifs is 1. The molecule has 0 amide bonds. The Morgan fingerprint density at radius 1 is 1.35 bits per heavy atom. The molecule has 1 saturated heterocycles. The van der Waals surface area contributed by atoms with Gasteiger partial charge in [-0.05, 0) is 19.8 Å². The molecular weight excluding hydrogens is 218 g/mol. The van der Waals surface area contributed by atoms with Gasteiger partial charge < -0.3 is 15.2 Å². The van der Waals surface area contributed by atoms with Gasteiger partial charge in [-0.3, -0.25) is 4.57 Å². The van der Waals surface area contributed by atoms with E-state index in [0.717, 1.165) is 50.9 Å². The summed E-state index contributed by atoms with van der Waals surface area (Å²) in [5.41, 5.74) is 8.34. The lowest BCUT2D eigenvalue weighted by Gasteiger charge is -2.35. The summed E-state index contributed by atoms with van der Waals surface area (Å²) in [6, 6.07) is 0.761. The number of aromatic nitrogens is 2. The Labute approximate surface area is 101 Å². The summed E-state index contributed by atoms with van der Waals surface area (Å²) < 4.78 is 13.1. The highest BCUT2D eigenvalue weighted by atomic mass is 16.5. The molecule has 0 atom stereocenters. The van der Waals surface area contributed by atoms with E-state index in [2.05, 4.69) is 16.5 Å². The van der Waals surface area contributed by atoms with E-state index in [4.69, 9.17) is 15.2 Å². The Morgan fingerprint density at radius 2 is 2.12 bits per heavy atom.